The van der Waals surface area contributed by atoms with Crippen LogP contribution in [0.4, 0.5) is 13.2 Å². The number of carbonyl (C=O) groups excluding carboxylic acids is 1. The fraction of sp³-hybridized carbons (Fsp3) is 0.519. The van der Waals surface area contributed by atoms with Crippen LogP contribution < -0.4 is 11.1 Å². The number of nitrogens with one attached hydrogen (secondary N) is 1. The topological polar surface area (TPSA) is 73.6 Å². The van der Waals surface area contributed by atoms with Crippen molar-refractivity contribution in [1.29, 1.82) is 0 Å². The van der Waals surface area contributed by atoms with E-state index in [0.717, 1.165) is 17.7 Å². The predicted octanol–water partition coefficient (Wildman–Crippen LogP) is 5.41. The van der Waals surface area contributed by atoms with Gasteiger partial charge in [0.15, 0.2) is 0 Å². The van der Waals surface area contributed by atoms with Gasteiger partial charge in [-0.3, -0.25) is 4.79 Å². The Morgan fingerprint density at radius 1 is 1.17 bits per heavy atom. The average Bonchev–Trinajstić information content (AvgIpc) is 2.82. The lowest BCUT2D eigenvalue weighted by molar-refractivity contribution is -0.143. The first-order chi connectivity index (χ1) is 16.5. The van der Waals surface area contributed by atoms with Crippen LogP contribution in [0.15, 0.2) is 48.5 Å². The summed E-state index contributed by atoms with van der Waals surface area (Å²) in [4.78, 5) is 11.8. The number of ether oxygens (including phenoxy) is 2. The summed E-state index contributed by atoms with van der Waals surface area (Å²) in [6.45, 7) is 6.27. The lowest BCUT2D eigenvalue weighted by Crippen LogP contribution is -2.61. The van der Waals surface area contributed by atoms with E-state index in [0.29, 0.717) is 43.5 Å². The van der Waals surface area contributed by atoms with Gasteiger partial charge in [0.25, 0.3) is 0 Å². The van der Waals surface area contributed by atoms with E-state index in [1.165, 1.54) is 0 Å². The summed E-state index contributed by atoms with van der Waals surface area (Å²) in [5, 5.41) is 3.57. The minimum Gasteiger partial charge on any atom is -0.466 e. The molecule has 192 valence electrons. The van der Waals surface area contributed by atoms with Crippen LogP contribution in [-0.4, -0.2) is 31.3 Å². The maximum atomic E-state index is 13.3. The molecule has 0 radical (unpaired) electrons. The van der Waals surface area contributed by atoms with Gasteiger partial charge in [0.05, 0.1) is 30.4 Å². The molecule has 1 aliphatic heterocycles. The lowest BCUT2D eigenvalue weighted by atomic mass is 9.75. The van der Waals surface area contributed by atoms with Gasteiger partial charge in [-0.25, -0.2) is 0 Å². The third kappa shape index (κ3) is 7.06. The number of carbonyl (C=O) groups is 1. The summed E-state index contributed by atoms with van der Waals surface area (Å²) in [5.74, 6) is -0.259. The molecule has 0 unspecified atom stereocenters. The molecular formula is C27H35F3N2O3. The molecule has 3 N–H and O–H groups in total. The lowest BCUT2D eigenvalue weighted by Gasteiger charge is -2.46. The van der Waals surface area contributed by atoms with Crippen molar-refractivity contribution in [2.24, 2.45) is 5.73 Å². The molecule has 1 saturated heterocycles. The van der Waals surface area contributed by atoms with Crippen LogP contribution in [0.2, 0.25) is 0 Å². The molecule has 1 heterocycles. The number of hydrogen-bond acceptors (Lipinski definition) is 5. The van der Waals surface area contributed by atoms with Crippen LogP contribution in [0.1, 0.15) is 67.9 Å². The van der Waals surface area contributed by atoms with Gasteiger partial charge in [0.1, 0.15) is 0 Å². The molecule has 0 amide bonds. The summed E-state index contributed by atoms with van der Waals surface area (Å²) >= 11 is 0. The summed E-state index contributed by atoms with van der Waals surface area (Å²) < 4.78 is 51.2. The molecule has 0 saturated carbocycles. The summed E-state index contributed by atoms with van der Waals surface area (Å²) in [6.07, 6.45) is -2.87. The van der Waals surface area contributed by atoms with E-state index in [1.807, 2.05) is 30.3 Å². The Labute approximate surface area is 205 Å². The second kappa shape index (κ2) is 11.1. The monoisotopic (exact) mass is 492 g/mol. The summed E-state index contributed by atoms with van der Waals surface area (Å²) in [6, 6.07) is 13.9. The van der Waals surface area contributed by atoms with Crippen molar-refractivity contribution in [2.45, 2.75) is 69.8 Å². The quantitative estimate of drug-likeness (QED) is 0.458. The van der Waals surface area contributed by atoms with Gasteiger partial charge in [-0.2, -0.15) is 13.2 Å². The third-order valence-electron chi connectivity index (χ3n) is 6.76. The zero-order valence-electron chi connectivity index (χ0n) is 20.6. The van der Waals surface area contributed by atoms with Crippen molar-refractivity contribution in [3.8, 4) is 0 Å². The number of piperidine rings is 1. The molecule has 0 bridgehead atoms. The molecule has 0 aromatic heterocycles. The first-order valence-corrected chi connectivity index (χ1v) is 12.0. The van der Waals surface area contributed by atoms with Crippen LogP contribution in [0.5, 0.6) is 0 Å². The SMILES string of the molecule is CCOC(=O)CC[C@@]1(N)CC[C@@](CO[C@H](C)c2cc(C)cc(C(F)(F)F)c2)(c2ccccc2)NC1. The zero-order valence-corrected chi connectivity index (χ0v) is 20.6. The van der Waals surface area contributed by atoms with E-state index < -0.39 is 28.9 Å². The minimum atomic E-state index is -4.41. The van der Waals surface area contributed by atoms with E-state index >= 15 is 0 Å². The van der Waals surface area contributed by atoms with E-state index in [4.69, 9.17) is 15.2 Å². The molecule has 2 aromatic rings. The van der Waals surface area contributed by atoms with Crippen molar-refractivity contribution in [1.82, 2.24) is 5.32 Å². The first-order valence-electron chi connectivity index (χ1n) is 12.0. The van der Waals surface area contributed by atoms with Crippen LogP contribution in [0, 0.1) is 6.92 Å². The molecule has 0 spiro atoms. The number of aryl methyl sites for hydroxylation is 1. The van der Waals surface area contributed by atoms with Crippen LogP contribution in [0.3, 0.4) is 0 Å². The van der Waals surface area contributed by atoms with Gasteiger partial charge >= 0.3 is 12.1 Å². The highest BCUT2D eigenvalue weighted by molar-refractivity contribution is 5.69. The molecule has 0 aliphatic carbocycles. The molecule has 3 atom stereocenters. The van der Waals surface area contributed by atoms with E-state index in [2.05, 4.69) is 5.32 Å². The maximum Gasteiger partial charge on any atom is 0.416 e. The zero-order chi connectivity index (χ0) is 25.7. The van der Waals surface area contributed by atoms with Gasteiger partial charge < -0.3 is 20.5 Å². The van der Waals surface area contributed by atoms with Crippen molar-refractivity contribution in [2.75, 3.05) is 19.8 Å². The summed E-state index contributed by atoms with van der Waals surface area (Å²) in [5.41, 5.74) is 6.88. The molecule has 1 fully saturated rings. The second-order valence-corrected chi connectivity index (χ2v) is 9.55. The Morgan fingerprint density at radius 3 is 2.49 bits per heavy atom. The number of nitrogens with two attached hydrogens (primary N) is 1. The fourth-order valence-corrected chi connectivity index (χ4v) is 4.57. The largest absolute Gasteiger partial charge is 0.466 e. The minimum absolute atomic E-state index is 0.257. The molecule has 1 aliphatic rings. The number of esters is 1. The number of rotatable bonds is 9. The van der Waals surface area contributed by atoms with Gasteiger partial charge in [-0.15, -0.1) is 0 Å². The van der Waals surface area contributed by atoms with Crippen LogP contribution in [-0.2, 0) is 26.0 Å². The average molecular weight is 493 g/mol. The summed E-state index contributed by atoms with van der Waals surface area (Å²) in [7, 11) is 0. The van der Waals surface area contributed by atoms with E-state index in [-0.39, 0.29) is 19.0 Å². The maximum absolute atomic E-state index is 13.3. The number of alkyl halides is 3. The molecular weight excluding hydrogens is 457 g/mol. The van der Waals surface area contributed by atoms with Crippen LogP contribution in [0.25, 0.3) is 0 Å². The molecule has 3 rings (SSSR count). The Kier molecular flexibility index (Phi) is 8.62. The molecule has 8 heteroatoms. The third-order valence-corrected chi connectivity index (χ3v) is 6.76. The first kappa shape index (κ1) is 27.2. The van der Waals surface area contributed by atoms with Crippen molar-refractivity contribution in [3.05, 3.63) is 70.8 Å². The number of hydrogen-bond donors (Lipinski definition) is 2. The molecule has 2 aromatic carbocycles. The van der Waals surface area contributed by atoms with Gasteiger partial charge in [0, 0.05) is 18.5 Å². The van der Waals surface area contributed by atoms with Crippen LogP contribution >= 0.6 is 0 Å². The van der Waals surface area contributed by atoms with Crippen molar-refractivity contribution >= 4 is 5.97 Å². The Bertz CT molecular complexity index is 987. The van der Waals surface area contributed by atoms with Crippen molar-refractivity contribution in [3.63, 3.8) is 0 Å². The highest BCUT2D eigenvalue weighted by atomic mass is 19.4. The molecule has 5 nitrogen and oxygen atoms in total. The second-order valence-electron chi connectivity index (χ2n) is 9.55. The highest BCUT2D eigenvalue weighted by Crippen LogP contribution is 2.37. The Balaban J connectivity index is 1.74. The smallest absolute Gasteiger partial charge is 0.416 e. The normalized spacial score (nSPS) is 23.6. The Morgan fingerprint density at radius 2 is 1.89 bits per heavy atom. The fourth-order valence-electron chi connectivity index (χ4n) is 4.57. The van der Waals surface area contributed by atoms with Gasteiger partial charge in [-0.1, -0.05) is 42.0 Å². The number of halogens is 3. The highest BCUT2D eigenvalue weighted by Gasteiger charge is 2.42. The molecule has 35 heavy (non-hydrogen) atoms. The standard InChI is InChI=1S/C27H35F3N2O3/c1-4-34-24(33)10-11-25(31)12-13-26(32-17-25,22-8-6-5-7-9-22)18-35-20(3)21-14-19(2)15-23(16-21)27(28,29)30/h5-9,14-16,20,32H,4,10-13,17-18,31H2,1-3H3/t20-,25-,26-/m1/s1. The Hall–Kier alpha value is -2.42. The van der Waals surface area contributed by atoms with Gasteiger partial charge in [-0.05, 0) is 63.3 Å². The number of benzene rings is 2. The van der Waals surface area contributed by atoms with E-state index in [1.54, 1.807) is 26.8 Å². The van der Waals surface area contributed by atoms with Crippen molar-refractivity contribution < 1.29 is 27.4 Å². The predicted molar refractivity (Wildman–Crippen MR) is 129 cm³/mol. The van der Waals surface area contributed by atoms with Gasteiger partial charge in [0.2, 0.25) is 0 Å². The van der Waals surface area contributed by atoms with E-state index in [9.17, 15) is 18.0 Å².